The van der Waals surface area contributed by atoms with Gasteiger partial charge in [0, 0.05) is 4.47 Å². The van der Waals surface area contributed by atoms with E-state index >= 15 is 0 Å². The molecule has 0 atom stereocenters. The SMILES string of the molecule is Cc1nc2cc(C(=O)O)[nH]c2cc1Br. The van der Waals surface area contributed by atoms with E-state index in [4.69, 9.17) is 5.11 Å². The largest absolute Gasteiger partial charge is 0.477 e. The van der Waals surface area contributed by atoms with Crippen molar-refractivity contribution in [2.24, 2.45) is 0 Å². The van der Waals surface area contributed by atoms with Crippen LogP contribution in [-0.4, -0.2) is 21.0 Å². The number of carboxylic acids is 1. The molecule has 0 aromatic carbocycles. The molecule has 2 rings (SSSR count). The van der Waals surface area contributed by atoms with Crippen molar-refractivity contribution in [3.8, 4) is 0 Å². The molecule has 5 heteroatoms. The number of fused-ring (bicyclic) bond motifs is 1. The quantitative estimate of drug-likeness (QED) is 0.821. The fourth-order valence-electron chi connectivity index (χ4n) is 1.24. The fraction of sp³-hybridized carbons (Fsp3) is 0.111. The highest BCUT2D eigenvalue weighted by Crippen LogP contribution is 2.21. The molecular formula is C9H7BrN2O2. The maximum absolute atomic E-state index is 10.7. The molecule has 0 unspecified atom stereocenters. The minimum absolute atomic E-state index is 0.157. The minimum Gasteiger partial charge on any atom is -0.477 e. The molecule has 2 heterocycles. The molecule has 0 spiro atoms. The Labute approximate surface area is 88.1 Å². The van der Waals surface area contributed by atoms with Gasteiger partial charge in [0.05, 0.1) is 16.7 Å². The second-order valence-electron chi connectivity index (χ2n) is 2.98. The van der Waals surface area contributed by atoms with Crippen molar-refractivity contribution in [1.82, 2.24) is 9.97 Å². The van der Waals surface area contributed by atoms with Gasteiger partial charge in [-0.25, -0.2) is 4.79 Å². The molecule has 2 N–H and O–H groups in total. The second kappa shape index (κ2) is 3.09. The van der Waals surface area contributed by atoms with Gasteiger partial charge in [0.1, 0.15) is 5.69 Å². The van der Waals surface area contributed by atoms with E-state index in [9.17, 15) is 4.79 Å². The predicted molar refractivity (Wildman–Crippen MR) is 55.5 cm³/mol. The number of aromatic carboxylic acids is 1. The van der Waals surface area contributed by atoms with Gasteiger partial charge in [-0.05, 0) is 35.0 Å². The number of halogens is 1. The van der Waals surface area contributed by atoms with Crippen LogP contribution in [-0.2, 0) is 0 Å². The Morgan fingerprint density at radius 2 is 2.29 bits per heavy atom. The molecule has 0 saturated heterocycles. The normalized spacial score (nSPS) is 10.7. The van der Waals surface area contributed by atoms with Crippen molar-refractivity contribution in [2.75, 3.05) is 0 Å². The molecule has 0 bridgehead atoms. The fourth-order valence-corrected chi connectivity index (χ4v) is 1.56. The summed E-state index contributed by atoms with van der Waals surface area (Å²) in [5.41, 5.74) is 2.39. The smallest absolute Gasteiger partial charge is 0.352 e. The standard InChI is InChI=1S/C9H7BrN2O2/c1-4-5(10)2-6-7(11-4)3-8(12-6)9(13)14/h2-3,12H,1H3,(H,13,14). The van der Waals surface area contributed by atoms with Crippen molar-refractivity contribution in [3.63, 3.8) is 0 Å². The summed E-state index contributed by atoms with van der Waals surface area (Å²) in [5, 5.41) is 8.75. The molecule has 0 aliphatic rings. The van der Waals surface area contributed by atoms with Crippen molar-refractivity contribution in [1.29, 1.82) is 0 Å². The van der Waals surface area contributed by atoms with E-state index in [-0.39, 0.29) is 5.69 Å². The maximum Gasteiger partial charge on any atom is 0.352 e. The number of aromatic amines is 1. The lowest BCUT2D eigenvalue weighted by Gasteiger charge is -1.95. The third kappa shape index (κ3) is 1.39. The van der Waals surface area contributed by atoms with Gasteiger partial charge in [0.15, 0.2) is 0 Å². The van der Waals surface area contributed by atoms with Crippen LogP contribution in [0.25, 0.3) is 11.0 Å². The monoisotopic (exact) mass is 254 g/mol. The van der Waals surface area contributed by atoms with Crippen LogP contribution in [0.3, 0.4) is 0 Å². The Balaban J connectivity index is 2.72. The van der Waals surface area contributed by atoms with Gasteiger partial charge in [-0.15, -0.1) is 0 Å². The van der Waals surface area contributed by atoms with Crippen molar-refractivity contribution < 1.29 is 9.90 Å². The molecule has 0 amide bonds. The van der Waals surface area contributed by atoms with Crippen LogP contribution in [0, 0.1) is 6.92 Å². The zero-order chi connectivity index (χ0) is 10.3. The van der Waals surface area contributed by atoms with E-state index in [0.717, 1.165) is 15.7 Å². The summed E-state index contributed by atoms with van der Waals surface area (Å²) >= 11 is 3.33. The Morgan fingerprint density at radius 3 is 2.93 bits per heavy atom. The van der Waals surface area contributed by atoms with Gasteiger partial charge in [0.25, 0.3) is 0 Å². The van der Waals surface area contributed by atoms with Crippen LogP contribution in [0.15, 0.2) is 16.6 Å². The van der Waals surface area contributed by atoms with Gasteiger partial charge in [-0.3, -0.25) is 4.98 Å². The molecule has 2 aromatic rings. The molecule has 0 radical (unpaired) electrons. The molecule has 4 nitrogen and oxygen atoms in total. The Bertz CT molecular complexity index is 480. The molecule has 14 heavy (non-hydrogen) atoms. The topological polar surface area (TPSA) is 66.0 Å². The van der Waals surface area contributed by atoms with Crippen LogP contribution < -0.4 is 0 Å². The number of aromatic nitrogens is 2. The molecule has 2 aromatic heterocycles. The average Bonchev–Trinajstić information content (AvgIpc) is 2.48. The summed E-state index contributed by atoms with van der Waals surface area (Å²) in [5.74, 6) is -0.975. The number of nitrogens with one attached hydrogen (secondary N) is 1. The summed E-state index contributed by atoms with van der Waals surface area (Å²) in [7, 11) is 0. The van der Waals surface area contributed by atoms with Crippen LogP contribution in [0.5, 0.6) is 0 Å². The van der Waals surface area contributed by atoms with Crippen LogP contribution >= 0.6 is 15.9 Å². The van der Waals surface area contributed by atoms with Gasteiger partial charge >= 0.3 is 5.97 Å². The lowest BCUT2D eigenvalue weighted by Crippen LogP contribution is -1.94. The summed E-state index contributed by atoms with van der Waals surface area (Å²) in [4.78, 5) is 17.7. The summed E-state index contributed by atoms with van der Waals surface area (Å²) < 4.78 is 0.865. The van der Waals surface area contributed by atoms with Gasteiger partial charge < -0.3 is 10.1 Å². The predicted octanol–water partition coefficient (Wildman–Crippen LogP) is 2.33. The number of aryl methyl sites for hydroxylation is 1. The van der Waals surface area contributed by atoms with Gasteiger partial charge in [-0.2, -0.15) is 0 Å². The van der Waals surface area contributed by atoms with Crippen molar-refractivity contribution in [3.05, 3.63) is 28.0 Å². The van der Waals surface area contributed by atoms with Crippen LogP contribution in [0.1, 0.15) is 16.2 Å². The number of nitrogens with zero attached hydrogens (tertiary/aromatic N) is 1. The van der Waals surface area contributed by atoms with Gasteiger partial charge in [-0.1, -0.05) is 0 Å². The number of rotatable bonds is 1. The Kier molecular flexibility index (Phi) is 2.03. The molecule has 0 aliphatic carbocycles. The summed E-state index contributed by atoms with van der Waals surface area (Å²) in [6.07, 6.45) is 0. The summed E-state index contributed by atoms with van der Waals surface area (Å²) in [6.45, 7) is 1.86. The highest BCUT2D eigenvalue weighted by Gasteiger charge is 2.09. The zero-order valence-corrected chi connectivity index (χ0v) is 8.92. The first-order valence-electron chi connectivity index (χ1n) is 3.97. The first-order chi connectivity index (χ1) is 6.58. The lowest BCUT2D eigenvalue weighted by atomic mass is 10.3. The van der Waals surface area contributed by atoms with Crippen LogP contribution in [0.2, 0.25) is 0 Å². The third-order valence-corrected chi connectivity index (χ3v) is 2.76. The number of hydrogen-bond donors (Lipinski definition) is 2. The number of carboxylic acid groups (broad SMARTS) is 1. The van der Waals surface area contributed by atoms with E-state index in [2.05, 4.69) is 25.9 Å². The molecule has 0 fully saturated rings. The maximum atomic E-state index is 10.7. The Hall–Kier alpha value is -1.36. The van der Waals surface area contributed by atoms with E-state index in [1.165, 1.54) is 6.07 Å². The molecule has 0 aliphatic heterocycles. The minimum atomic E-state index is -0.975. The first kappa shape index (κ1) is 9.21. The molecular weight excluding hydrogens is 248 g/mol. The van der Waals surface area contributed by atoms with E-state index in [0.29, 0.717) is 5.52 Å². The Morgan fingerprint density at radius 1 is 1.57 bits per heavy atom. The number of H-pyrrole nitrogens is 1. The highest BCUT2D eigenvalue weighted by molar-refractivity contribution is 9.10. The number of hydrogen-bond acceptors (Lipinski definition) is 2. The summed E-state index contributed by atoms with van der Waals surface area (Å²) in [6, 6.07) is 3.35. The molecule has 0 saturated carbocycles. The zero-order valence-electron chi connectivity index (χ0n) is 7.34. The number of carbonyl (C=O) groups is 1. The van der Waals surface area contributed by atoms with E-state index in [1.54, 1.807) is 0 Å². The average molecular weight is 255 g/mol. The van der Waals surface area contributed by atoms with Crippen molar-refractivity contribution >= 4 is 32.9 Å². The van der Waals surface area contributed by atoms with Crippen molar-refractivity contribution in [2.45, 2.75) is 6.92 Å². The van der Waals surface area contributed by atoms with E-state index in [1.807, 2.05) is 13.0 Å². The lowest BCUT2D eigenvalue weighted by molar-refractivity contribution is 0.0691. The number of pyridine rings is 1. The highest BCUT2D eigenvalue weighted by atomic mass is 79.9. The van der Waals surface area contributed by atoms with Gasteiger partial charge in [0.2, 0.25) is 0 Å². The van der Waals surface area contributed by atoms with E-state index < -0.39 is 5.97 Å². The first-order valence-corrected chi connectivity index (χ1v) is 4.76. The third-order valence-electron chi connectivity index (χ3n) is 1.96. The second-order valence-corrected chi connectivity index (χ2v) is 3.83. The van der Waals surface area contributed by atoms with Crippen LogP contribution in [0.4, 0.5) is 0 Å². The molecule has 72 valence electrons.